The van der Waals surface area contributed by atoms with Crippen LogP contribution in [0.5, 0.6) is 0 Å². The van der Waals surface area contributed by atoms with Crippen LogP contribution in [-0.2, 0) is 0 Å². The van der Waals surface area contributed by atoms with Crippen LogP contribution in [0.2, 0.25) is 0 Å². The normalized spacial score (nSPS) is 22.8. The largest absolute Gasteiger partial charge is 0.349 e. The van der Waals surface area contributed by atoms with E-state index >= 15 is 0 Å². The summed E-state index contributed by atoms with van der Waals surface area (Å²) in [5, 5.41) is 16.9. The fourth-order valence-corrected chi connectivity index (χ4v) is 2.29. The van der Waals surface area contributed by atoms with Crippen molar-refractivity contribution in [1.82, 2.24) is 10.6 Å². The molecular formula is C13H17N3O3. The Labute approximate surface area is 111 Å². The zero-order valence-electron chi connectivity index (χ0n) is 10.8. The van der Waals surface area contributed by atoms with E-state index in [0.717, 1.165) is 19.4 Å². The minimum absolute atomic E-state index is 0.0636. The Morgan fingerprint density at radius 2 is 2.32 bits per heavy atom. The van der Waals surface area contributed by atoms with Gasteiger partial charge >= 0.3 is 0 Å². The predicted octanol–water partition coefficient (Wildman–Crippen LogP) is 1.47. The molecule has 1 fully saturated rings. The molecular weight excluding hydrogens is 246 g/mol. The lowest BCUT2D eigenvalue weighted by molar-refractivity contribution is -0.384. The number of nitrogens with zero attached hydrogens (tertiary/aromatic N) is 1. The number of rotatable bonds is 3. The third-order valence-electron chi connectivity index (χ3n) is 3.28. The summed E-state index contributed by atoms with van der Waals surface area (Å²) in [6, 6.07) is 6.31. The number of amides is 1. The molecule has 6 nitrogen and oxygen atoms in total. The Hall–Kier alpha value is -1.95. The van der Waals surface area contributed by atoms with Crippen LogP contribution in [0.1, 0.15) is 30.1 Å². The lowest BCUT2D eigenvalue weighted by atomic mass is 10.0. The summed E-state index contributed by atoms with van der Waals surface area (Å²) < 4.78 is 0. The third-order valence-corrected chi connectivity index (χ3v) is 3.28. The van der Waals surface area contributed by atoms with Gasteiger partial charge in [-0.15, -0.1) is 0 Å². The SMILES string of the molecule is CC1CC(NC(=O)c2cccc([N+](=O)[O-])c2)CCN1. The summed E-state index contributed by atoms with van der Waals surface area (Å²) in [6.45, 7) is 2.95. The van der Waals surface area contributed by atoms with Gasteiger partial charge in [-0.1, -0.05) is 6.07 Å². The quantitative estimate of drug-likeness (QED) is 0.638. The van der Waals surface area contributed by atoms with Crippen molar-refractivity contribution in [3.8, 4) is 0 Å². The van der Waals surface area contributed by atoms with E-state index in [1.54, 1.807) is 6.07 Å². The van der Waals surface area contributed by atoms with Gasteiger partial charge in [-0.05, 0) is 32.4 Å². The van der Waals surface area contributed by atoms with Crippen LogP contribution in [0.15, 0.2) is 24.3 Å². The van der Waals surface area contributed by atoms with E-state index in [2.05, 4.69) is 17.6 Å². The van der Waals surface area contributed by atoms with Crippen molar-refractivity contribution in [3.05, 3.63) is 39.9 Å². The minimum Gasteiger partial charge on any atom is -0.349 e. The molecule has 2 N–H and O–H groups in total. The van der Waals surface area contributed by atoms with E-state index in [1.807, 2.05) is 0 Å². The fourth-order valence-electron chi connectivity index (χ4n) is 2.29. The van der Waals surface area contributed by atoms with Crippen molar-refractivity contribution in [3.63, 3.8) is 0 Å². The maximum absolute atomic E-state index is 12.0. The number of nitro groups is 1. The van der Waals surface area contributed by atoms with Crippen molar-refractivity contribution in [2.24, 2.45) is 0 Å². The van der Waals surface area contributed by atoms with E-state index in [1.165, 1.54) is 18.2 Å². The van der Waals surface area contributed by atoms with Crippen molar-refractivity contribution < 1.29 is 9.72 Å². The number of carbonyl (C=O) groups excluding carboxylic acids is 1. The predicted molar refractivity (Wildman–Crippen MR) is 71.0 cm³/mol. The number of hydrogen-bond acceptors (Lipinski definition) is 4. The van der Waals surface area contributed by atoms with E-state index in [9.17, 15) is 14.9 Å². The number of non-ortho nitro benzene ring substituents is 1. The second-order valence-corrected chi connectivity index (χ2v) is 4.86. The Bertz CT molecular complexity index is 490. The molecule has 2 unspecified atom stereocenters. The van der Waals surface area contributed by atoms with E-state index in [0.29, 0.717) is 11.6 Å². The van der Waals surface area contributed by atoms with Crippen LogP contribution < -0.4 is 10.6 Å². The van der Waals surface area contributed by atoms with E-state index < -0.39 is 4.92 Å². The van der Waals surface area contributed by atoms with Gasteiger partial charge in [0.25, 0.3) is 11.6 Å². The van der Waals surface area contributed by atoms with Crippen LogP contribution in [0, 0.1) is 10.1 Å². The third kappa shape index (κ3) is 3.51. The van der Waals surface area contributed by atoms with E-state index in [4.69, 9.17) is 0 Å². The highest BCUT2D eigenvalue weighted by atomic mass is 16.6. The van der Waals surface area contributed by atoms with Gasteiger partial charge in [-0.2, -0.15) is 0 Å². The molecule has 1 aliphatic heterocycles. The highest BCUT2D eigenvalue weighted by Gasteiger charge is 2.21. The van der Waals surface area contributed by atoms with Gasteiger partial charge in [0.05, 0.1) is 4.92 Å². The van der Waals surface area contributed by atoms with Crippen LogP contribution in [0.4, 0.5) is 5.69 Å². The molecule has 6 heteroatoms. The van der Waals surface area contributed by atoms with Crippen molar-refractivity contribution in [1.29, 1.82) is 0 Å². The first-order valence-electron chi connectivity index (χ1n) is 6.35. The van der Waals surface area contributed by atoms with Gasteiger partial charge in [0.1, 0.15) is 0 Å². The summed E-state index contributed by atoms with van der Waals surface area (Å²) in [4.78, 5) is 22.2. The van der Waals surface area contributed by atoms with Crippen LogP contribution >= 0.6 is 0 Å². The van der Waals surface area contributed by atoms with Gasteiger partial charge in [0, 0.05) is 29.8 Å². The van der Waals surface area contributed by atoms with Crippen molar-refractivity contribution in [2.45, 2.75) is 31.8 Å². The molecule has 1 saturated heterocycles. The summed E-state index contributed by atoms with van der Waals surface area (Å²) in [7, 11) is 0. The molecule has 102 valence electrons. The molecule has 0 aliphatic carbocycles. The summed E-state index contributed by atoms with van der Waals surface area (Å²) in [6.07, 6.45) is 1.76. The molecule has 1 heterocycles. The first-order chi connectivity index (χ1) is 9.06. The smallest absolute Gasteiger partial charge is 0.270 e. The monoisotopic (exact) mass is 263 g/mol. The maximum Gasteiger partial charge on any atom is 0.270 e. The zero-order chi connectivity index (χ0) is 13.8. The molecule has 0 spiro atoms. The van der Waals surface area contributed by atoms with Gasteiger partial charge in [-0.3, -0.25) is 14.9 Å². The van der Waals surface area contributed by atoms with Gasteiger partial charge in [0.15, 0.2) is 0 Å². The summed E-state index contributed by atoms with van der Waals surface area (Å²) in [5.74, 6) is -0.247. The molecule has 1 amide bonds. The molecule has 2 rings (SSSR count). The lowest BCUT2D eigenvalue weighted by Crippen LogP contribution is -2.46. The highest BCUT2D eigenvalue weighted by molar-refractivity contribution is 5.95. The average Bonchev–Trinajstić information content (AvgIpc) is 2.39. The topological polar surface area (TPSA) is 84.3 Å². The van der Waals surface area contributed by atoms with Crippen LogP contribution in [0.25, 0.3) is 0 Å². The second-order valence-electron chi connectivity index (χ2n) is 4.86. The number of piperidine rings is 1. The first kappa shape index (κ1) is 13.5. The Kier molecular flexibility index (Phi) is 4.11. The Morgan fingerprint density at radius 3 is 3.00 bits per heavy atom. The summed E-state index contributed by atoms with van der Waals surface area (Å²) >= 11 is 0. The van der Waals surface area contributed by atoms with Gasteiger partial charge in [-0.25, -0.2) is 0 Å². The molecule has 0 radical (unpaired) electrons. The van der Waals surface area contributed by atoms with Crippen molar-refractivity contribution in [2.75, 3.05) is 6.54 Å². The lowest BCUT2D eigenvalue weighted by Gasteiger charge is -2.28. The molecule has 1 aromatic rings. The van der Waals surface area contributed by atoms with E-state index in [-0.39, 0.29) is 17.6 Å². The maximum atomic E-state index is 12.0. The number of benzene rings is 1. The zero-order valence-corrected chi connectivity index (χ0v) is 10.8. The first-order valence-corrected chi connectivity index (χ1v) is 6.35. The molecule has 1 aromatic carbocycles. The average molecular weight is 263 g/mol. The van der Waals surface area contributed by atoms with Crippen LogP contribution in [0.3, 0.4) is 0 Å². The molecule has 0 aromatic heterocycles. The number of hydrogen-bond donors (Lipinski definition) is 2. The molecule has 1 aliphatic rings. The van der Waals surface area contributed by atoms with Gasteiger partial charge in [0.2, 0.25) is 0 Å². The number of nitro benzene ring substituents is 1. The molecule has 0 bridgehead atoms. The number of nitrogens with one attached hydrogen (secondary N) is 2. The Balaban J connectivity index is 2.03. The molecule has 2 atom stereocenters. The summed E-state index contributed by atoms with van der Waals surface area (Å²) in [5.41, 5.74) is 0.270. The van der Waals surface area contributed by atoms with Crippen molar-refractivity contribution >= 4 is 11.6 Å². The molecule has 19 heavy (non-hydrogen) atoms. The number of carbonyl (C=O) groups is 1. The Morgan fingerprint density at radius 1 is 1.53 bits per heavy atom. The van der Waals surface area contributed by atoms with Gasteiger partial charge < -0.3 is 10.6 Å². The second kappa shape index (κ2) is 5.79. The standard InChI is InChI=1S/C13H17N3O3/c1-9-7-11(5-6-14-9)15-13(17)10-3-2-4-12(8-10)16(18)19/h2-4,8-9,11,14H,5-7H2,1H3,(H,15,17). The highest BCUT2D eigenvalue weighted by Crippen LogP contribution is 2.14. The minimum atomic E-state index is -0.497. The molecule has 0 saturated carbocycles. The van der Waals surface area contributed by atoms with Crippen LogP contribution in [-0.4, -0.2) is 29.5 Å². The fraction of sp³-hybridized carbons (Fsp3) is 0.462.